The second kappa shape index (κ2) is 4.00. The molecule has 0 aromatic heterocycles. The van der Waals surface area contributed by atoms with Crippen molar-refractivity contribution in [2.24, 2.45) is 5.73 Å². The number of carbonyl (C=O) groups is 1. The molecule has 1 aromatic carbocycles. The van der Waals surface area contributed by atoms with Crippen molar-refractivity contribution in [2.45, 2.75) is 19.3 Å². The van der Waals surface area contributed by atoms with Gasteiger partial charge in [0.15, 0.2) is 0 Å². The first-order valence-electron chi connectivity index (χ1n) is 4.44. The third-order valence-electron chi connectivity index (χ3n) is 2.20. The number of amides is 1. The molecule has 0 saturated heterocycles. The summed E-state index contributed by atoms with van der Waals surface area (Å²) in [6, 6.07) is 4.52. The third-order valence-corrected chi connectivity index (χ3v) is 2.20. The van der Waals surface area contributed by atoms with Crippen molar-refractivity contribution in [1.29, 1.82) is 0 Å². The molecule has 76 valence electrons. The third kappa shape index (κ3) is 1.96. The minimum atomic E-state index is -0.429. The van der Waals surface area contributed by atoms with E-state index in [1.54, 1.807) is 6.07 Å². The van der Waals surface area contributed by atoms with E-state index >= 15 is 0 Å². The number of anilines is 1. The Bertz CT molecular complexity index is 350. The molecule has 1 aromatic rings. The largest absolute Gasteiger partial charge is 0.508 e. The zero-order valence-electron chi connectivity index (χ0n) is 8.03. The maximum atomic E-state index is 11.1. The number of carbonyl (C=O) groups excluding carboxylic acids is 1. The lowest BCUT2D eigenvalue weighted by Gasteiger charge is -2.13. The summed E-state index contributed by atoms with van der Waals surface area (Å²) in [4.78, 5) is 11.1. The summed E-state index contributed by atoms with van der Waals surface area (Å²) in [5, 5.41) is 9.26. The molecule has 0 aliphatic carbocycles. The number of benzene rings is 1. The van der Waals surface area contributed by atoms with Crippen LogP contribution < -0.4 is 11.5 Å². The van der Waals surface area contributed by atoms with Gasteiger partial charge in [-0.1, -0.05) is 6.92 Å². The summed E-state index contributed by atoms with van der Waals surface area (Å²) in [6.07, 6.45) is 0.572. The van der Waals surface area contributed by atoms with Crippen LogP contribution in [0.15, 0.2) is 18.2 Å². The van der Waals surface area contributed by atoms with Gasteiger partial charge in [-0.05, 0) is 30.2 Å². The molecule has 0 radical (unpaired) electrons. The van der Waals surface area contributed by atoms with Gasteiger partial charge in [0.25, 0.3) is 0 Å². The number of hydrogen-bond acceptors (Lipinski definition) is 3. The Kier molecular flexibility index (Phi) is 2.96. The topological polar surface area (TPSA) is 89.3 Å². The fourth-order valence-electron chi connectivity index (χ4n) is 1.44. The number of nitrogens with two attached hydrogens (primary N) is 2. The van der Waals surface area contributed by atoms with Gasteiger partial charge >= 0.3 is 0 Å². The zero-order chi connectivity index (χ0) is 10.7. The van der Waals surface area contributed by atoms with E-state index in [2.05, 4.69) is 0 Å². The average molecular weight is 194 g/mol. The highest BCUT2D eigenvalue weighted by Gasteiger charge is 2.18. The number of primary amides is 1. The smallest absolute Gasteiger partial charge is 0.225 e. The summed E-state index contributed by atoms with van der Waals surface area (Å²) in [5.41, 5.74) is 12.0. The van der Waals surface area contributed by atoms with E-state index in [-0.39, 0.29) is 5.75 Å². The molecule has 5 N–H and O–H groups in total. The molecule has 0 aliphatic rings. The van der Waals surface area contributed by atoms with Crippen molar-refractivity contribution in [1.82, 2.24) is 0 Å². The summed E-state index contributed by atoms with van der Waals surface area (Å²) < 4.78 is 0. The van der Waals surface area contributed by atoms with Gasteiger partial charge in [0.2, 0.25) is 5.91 Å². The zero-order valence-corrected chi connectivity index (χ0v) is 8.03. The van der Waals surface area contributed by atoms with Crippen LogP contribution in [-0.2, 0) is 4.79 Å². The molecule has 4 heteroatoms. The molecule has 0 spiro atoms. The van der Waals surface area contributed by atoms with Gasteiger partial charge < -0.3 is 16.6 Å². The second-order valence-corrected chi connectivity index (χ2v) is 3.18. The van der Waals surface area contributed by atoms with Crippen LogP contribution in [0.3, 0.4) is 0 Å². The number of aromatic hydroxyl groups is 1. The van der Waals surface area contributed by atoms with Crippen LogP contribution in [0.5, 0.6) is 5.75 Å². The molecule has 0 bridgehead atoms. The molecule has 0 fully saturated rings. The van der Waals surface area contributed by atoms with Gasteiger partial charge in [0.05, 0.1) is 5.92 Å². The number of rotatable bonds is 3. The predicted octanol–water partition coefficient (Wildman–Crippen LogP) is 0.953. The Morgan fingerprint density at radius 1 is 1.57 bits per heavy atom. The van der Waals surface area contributed by atoms with Crippen molar-refractivity contribution in [3.8, 4) is 5.75 Å². The van der Waals surface area contributed by atoms with Crippen LogP contribution in [0.4, 0.5) is 5.69 Å². The van der Waals surface area contributed by atoms with Crippen molar-refractivity contribution >= 4 is 11.6 Å². The van der Waals surface area contributed by atoms with Crippen LogP contribution in [0.2, 0.25) is 0 Å². The Morgan fingerprint density at radius 3 is 2.71 bits per heavy atom. The summed E-state index contributed by atoms with van der Waals surface area (Å²) in [5.74, 6) is -0.763. The number of nitrogen functional groups attached to an aromatic ring is 1. The van der Waals surface area contributed by atoms with Gasteiger partial charge in [-0.15, -0.1) is 0 Å². The predicted molar refractivity (Wildman–Crippen MR) is 54.7 cm³/mol. The molecule has 0 saturated carbocycles. The molecule has 4 nitrogen and oxygen atoms in total. The minimum Gasteiger partial charge on any atom is -0.508 e. The molecule has 1 unspecified atom stereocenters. The molecule has 1 atom stereocenters. The normalized spacial score (nSPS) is 12.4. The molecular formula is C10H14N2O2. The average Bonchev–Trinajstić information content (AvgIpc) is 2.11. The van der Waals surface area contributed by atoms with Crippen molar-refractivity contribution in [2.75, 3.05) is 5.73 Å². The summed E-state index contributed by atoms with van der Waals surface area (Å²) >= 11 is 0. The van der Waals surface area contributed by atoms with E-state index in [4.69, 9.17) is 11.5 Å². The molecule has 14 heavy (non-hydrogen) atoms. The first-order valence-corrected chi connectivity index (χ1v) is 4.44. The molecule has 1 amide bonds. The SMILES string of the molecule is CCC(C(N)=O)c1cc(O)ccc1N. The molecule has 0 aliphatic heterocycles. The van der Waals surface area contributed by atoms with Gasteiger partial charge in [-0.25, -0.2) is 0 Å². The number of hydrogen-bond donors (Lipinski definition) is 3. The lowest BCUT2D eigenvalue weighted by molar-refractivity contribution is -0.119. The quantitative estimate of drug-likeness (QED) is 0.494. The number of phenols is 1. The van der Waals surface area contributed by atoms with E-state index < -0.39 is 11.8 Å². The van der Waals surface area contributed by atoms with Crippen molar-refractivity contribution in [3.63, 3.8) is 0 Å². The molecule has 1 rings (SSSR count). The van der Waals surface area contributed by atoms with Gasteiger partial charge in [-0.3, -0.25) is 4.79 Å². The van der Waals surface area contributed by atoms with E-state index in [0.717, 1.165) is 0 Å². The first kappa shape index (κ1) is 10.4. The van der Waals surface area contributed by atoms with Crippen LogP contribution in [0.25, 0.3) is 0 Å². The van der Waals surface area contributed by atoms with Crippen molar-refractivity contribution in [3.05, 3.63) is 23.8 Å². The fourth-order valence-corrected chi connectivity index (χ4v) is 1.44. The summed E-state index contributed by atoms with van der Waals surface area (Å²) in [6.45, 7) is 1.85. The van der Waals surface area contributed by atoms with E-state index in [1.165, 1.54) is 12.1 Å². The first-order chi connectivity index (χ1) is 6.56. The van der Waals surface area contributed by atoms with Crippen LogP contribution in [0, 0.1) is 0 Å². The van der Waals surface area contributed by atoms with Crippen molar-refractivity contribution < 1.29 is 9.90 Å². The van der Waals surface area contributed by atoms with Crippen LogP contribution in [-0.4, -0.2) is 11.0 Å². The Hall–Kier alpha value is -1.71. The monoisotopic (exact) mass is 194 g/mol. The highest BCUT2D eigenvalue weighted by Crippen LogP contribution is 2.28. The minimum absolute atomic E-state index is 0.0916. The Morgan fingerprint density at radius 2 is 2.21 bits per heavy atom. The lowest BCUT2D eigenvalue weighted by atomic mass is 9.94. The Labute approximate surface area is 82.5 Å². The fraction of sp³-hybridized carbons (Fsp3) is 0.300. The standard InChI is InChI=1S/C10H14N2O2/c1-2-7(10(12)14)8-5-6(13)3-4-9(8)11/h3-5,7,13H,2,11H2,1H3,(H2,12,14). The second-order valence-electron chi connectivity index (χ2n) is 3.18. The van der Waals surface area contributed by atoms with Crippen LogP contribution in [0.1, 0.15) is 24.8 Å². The molecular weight excluding hydrogens is 180 g/mol. The Balaban J connectivity index is 3.15. The number of phenolic OH excluding ortho intramolecular Hbond substituents is 1. The van der Waals surface area contributed by atoms with Gasteiger partial charge in [-0.2, -0.15) is 0 Å². The maximum Gasteiger partial charge on any atom is 0.225 e. The van der Waals surface area contributed by atoms with Crippen LogP contribution >= 0.6 is 0 Å². The highest BCUT2D eigenvalue weighted by molar-refractivity contribution is 5.83. The summed E-state index contributed by atoms with van der Waals surface area (Å²) in [7, 11) is 0. The molecule has 0 heterocycles. The van der Waals surface area contributed by atoms with E-state index in [0.29, 0.717) is 17.7 Å². The van der Waals surface area contributed by atoms with E-state index in [9.17, 15) is 9.90 Å². The maximum absolute atomic E-state index is 11.1. The highest BCUT2D eigenvalue weighted by atomic mass is 16.3. The van der Waals surface area contributed by atoms with Gasteiger partial charge in [0, 0.05) is 5.69 Å². The lowest BCUT2D eigenvalue weighted by Crippen LogP contribution is -2.21. The van der Waals surface area contributed by atoms with E-state index in [1.807, 2.05) is 6.92 Å². The van der Waals surface area contributed by atoms with Gasteiger partial charge in [0.1, 0.15) is 5.75 Å².